The van der Waals surface area contributed by atoms with Gasteiger partial charge in [0, 0.05) is 49.9 Å². The van der Waals surface area contributed by atoms with Gasteiger partial charge in [-0.25, -0.2) is 9.97 Å². The monoisotopic (exact) mass is 757 g/mol. The van der Waals surface area contributed by atoms with Gasteiger partial charge in [-0.15, -0.1) is 0 Å². The first-order valence-corrected chi connectivity index (χ1v) is 20.2. The van der Waals surface area contributed by atoms with E-state index in [1.165, 1.54) is 22.3 Å². The number of hydrogen-bond donors (Lipinski definition) is 0. The summed E-state index contributed by atoms with van der Waals surface area (Å²) in [7, 11) is 0. The molecule has 0 saturated carbocycles. The van der Waals surface area contributed by atoms with Crippen molar-refractivity contribution in [1.29, 1.82) is 0 Å². The Bertz CT molecular complexity index is 3110. The summed E-state index contributed by atoms with van der Waals surface area (Å²) in [6.45, 7) is 4.67. The van der Waals surface area contributed by atoms with Crippen LogP contribution in [-0.4, -0.2) is 9.97 Å². The first-order chi connectivity index (χ1) is 29.0. The van der Waals surface area contributed by atoms with Gasteiger partial charge in [-0.1, -0.05) is 153 Å². The van der Waals surface area contributed by atoms with Crippen LogP contribution in [0.2, 0.25) is 0 Å². The molecule has 8 aromatic carbocycles. The van der Waals surface area contributed by atoms with E-state index in [0.717, 1.165) is 78.2 Å². The molecule has 4 heteroatoms. The molecule has 1 aliphatic rings. The quantitative estimate of drug-likeness (QED) is 0.162. The second-order valence-corrected chi connectivity index (χ2v) is 15.8. The van der Waals surface area contributed by atoms with Gasteiger partial charge >= 0.3 is 0 Å². The maximum absolute atomic E-state index is 6.60. The van der Waals surface area contributed by atoms with Crippen molar-refractivity contribution in [3.8, 4) is 56.2 Å². The Balaban J connectivity index is 1.05. The van der Waals surface area contributed by atoms with Crippen LogP contribution < -0.4 is 4.90 Å². The highest BCUT2D eigenvalue weighted by atomic mass is 16.3. The van der Waals surface area contributed by atoms with Crippen LogP contribution in [0.5, 0.6) is 0 Å². The van der Waals surface area contributed by atoms with Crippen LogP contribution in [0, 0.1) is 0 Å². The van der Waals surface area contributed by atoms with Crippen molar-refractivity contribution in [3.05, 3.63) is 211 Å². The molecule has 10 aromatic rings. The molecule has 0 aliphatic heterocycles. The fraction of sp³-hybridized carbons (Fsp3) is 0.0545. The molecule has 0 N–H and O–H groups in total. The van der Waals surface area contributed by atoms with E-state index in [9.17, 15) is 0 Å². The predicted molar refractivity (Wildman–Crippen MR) is 243 cm³/mol. The number of fused-ring (bicyclic) bond motifs is 6. The second kappa shape index (κ2) is 13.8. The molecular weight excluding hydrogens is 719 g/mol. The van der Waals surface area contributed by atoms with Crippen molar-refractivity contribution in [2.45, 2.75) is 19.3 Å². The number of anilines is 3. The van der Waals surface area contributed by atoms with Crippen LogP contribution in [0.4, 0.5) is 17.1 Å². The molecule has 59 heavy (non-hydrogen) atoms. The highest BCUT2D eigenvalue weighted by molar-refractivity contribution is 6.13. The van der Waals surface area contributed by atoms with Crippen LogP contribution in [0.25, 0.3) is 78.1 Å². The zero-order chi connectivity index (χ0) is 39.5. The van der Waals surface area contributed by atoms with E-state index in [1.807, 2.05) is 24.3 Å². The highest BCUT2D eigenvalue weighted by Gasteiger charge is 2.35. The van der Waals surface area contributed by atoms with Gasteiger partial charge in [0.25, 0.3) is 0 Å². The van der Waals surface area contributed by atoms with Crippen LogP contribution in [0.3, 0.4) is 0 Å². The molecule has 0 saturated heterocycles. The lowest BCUT2D eigenvalue weighted by molar-refractivity contribution is 0.660. The van der Waals surface area contributed by atoms with E-state index in [4.69, 9.17) is 14.4 Å². The Hall–Kier alpha value is -7.56. The molecular formula is C55H39N3O. The molecule has 2 heterocycles. The summed E-state index contributed by atoms with van der Waals surface area (Å²) < 4.78 is 6.60. The summed E-state index contributed by atoms with van der Waals surface area (Å²) in [6.07, 6.45) is 0. The van der Waals surface area contributed by atoms with Crippen molar-refractivity contribution >= 4 is 39.0 Å². The van der Waals surface area contributed by atoms with Gasteiger partial charge in [-0.3, -0.25) is 0 Å². The topological polar surface area (TPSA) is 42.2 Å². The average Bonchev–Trinajstić information content (AvgIpc) is 3.79. The Morgan fingerprint density at radius 2 is 0.983 bits per heavy atom. The molecule has 1 aliphatic carbocycles. The Kier molecular flexibility index (Phi) is 8.12. The Morgan fingerprint density at radius 3 is 1.69 bits per heavy atom. The largest absolute Gasteiger partial charge is 0.456 e. The van der Waals surface area contributed by atoms with Crippen molar-refractivity contribution < 1.29 is 4.42 Å². The third-order valence-electron chi connectivity index (χ3n) is 11.9. The minimum absolute atomic E-state index is 0.104. The van der Waals surface area contributed by atoms with Gasteiger partial charge in [0.1, 0.15) is 11.2 Å². The van der Waals surface area contributed by atoms with Gasteiger partial charge in [0.05, 0.1) is 11.4 Å². The molecule has 280 valence electrons. The Morgan fingerprint density at radius 1 is 0.407 bits per heavy atom. The minimum atomic E-state index is -0.104. The van der Waals surface area contributed by atoms with Crippen LogP contribution in [-0.2, 0) is 5.41 Å². The van der Waals surface area contributed by atoms with Gasteiger partial charge in [0.2, 0.25) is 0 Å². The summed E-state index contributed by atoms with van der Waals surface area (Å²) in [4.78, 5) is 12.9. The van der Waals surface area contributed by atoms with Crippen molar-refractivity contribution in [1.82, 2.24) is 9.97 Å². The van der Waals surface area contributed by atoms with Crippen molar-refractivity contribution in [2.75, 3.05) is 4.90 Å². The van der Waals surface area contributed by atoms with Crippen LogP contribution in [0.1, 0.15) is 25.0 Å². The molecule has 2 aromatic heterocycles. The van der Waals surface area contributed by atoms with Gasteiger partial charge in [-0.05, 0) is 94.0 Å². The van der Waals surface area contributed by atoms with E-state index in [-0.39, 0.29) is 5.41 Å². The normalized spacial score (nSPS) is 12.7. The van der Waals surface area contributed by atoms with Crippen LogP contribution >= 0.6 is 0 Å². The third-order valence-corrected chi connectivity index (χ3v) is 11.9. The zero-order valence-electron chi connectivity index (χ0n) is 32.8. The van der Waals surface area contributed by atoms with Gasteiger partial charge in [0.15, 0.2) is 5.82 Å². The van der Waals surface area contributed by atoms with E-state index in [2.05, 4.69) is 195 Å². The number of aromatic nitrogens is 2. The fourth-order valence-corrected chi connectivity index (χ4v) is 8.94. The fourth-order valence-electron chi connectivity index (χ4n) is 8.94. The Labute approximate surface area is 343 Å². The zero-order valence-corrected chi connectivity index (χ0v) is 32.8. The number of nitrogens with zero attached hydrogens (tertiary/aromatic N) is 3. The number of rotatable bonds is 7. The minimum Gasteiger partial charge on any atom is -0.456 e. The molecule has 0 atom stereocenters. The average molecular weight is 758 g/mol. The van der Waals surface area contributed by atoms with Crippen molar-refractivity contribution in [2.24, 2.45) is 0 Å². The summed E-state index contributed by atoms with van der Waals surface area (Å²) in [5.41, 5.74) is 17.0. The first-order valence-electron chi connectivity index (χ1n) is 20.2. The molecule has 0 bridgehead atoms. The summed E-state index contributed by atoms with van der Waals surface area (Å²) in [6, 6.07) is 70.6. The maximum atomic E-state index is 6.60. The highest BCUT2D eigenvalue weighted by Crippen LogP contribution is 2.51. The molecule has 0 amide bonds. The summed E-state index contributed by atoms with van der Waals surface area (Å²) in [5.74, 6) is 0.650. The van der Waals surface area contributed by atoms with Gasteiger partial charge in [-0.2, -0.15) is 0 Å². The number of benzene rings is 8. The third kappa shape index (κ3) is 5.92. The number of para-hydroxylation sites is 2. The van der Waals surface area contributed by atoms with E-state index in [0.29, 0.717) is 5.82 Å². The molecule has 11 rings (SSSR count). The summed E-state index contributed by atoms with van der Waals surface area (Å²) >= 11 is 0. The summed E-state index contributed by atoms with van der Waals surface area (Å²) in [5, 5.41) is 2.04. The maximum Gasteiger partial charge on any atom is 0.161 e. The molecule has 0 radical (unpaired) electrons. The lowest BCUT2D eigenvalue weighted by Gasteiger charge is -2.28. The predicted octanol–water partition coefficient (Wildman–Crippen LogP) is 14.8. The number of furan rings is 1. The van der Waals surface area contributed by atoms with E-state index in [1.54, 1.807) is 0 Å². The lowest BCUT2D eigenvalue weighted by atomic mass is 9.82. The second-order valence-electron chi connectivity index (χ2n) is 15.8. The molecule has 0 fully saturated rings. The lowest BCUT2D eigenvalue weighted by Crippen LogP contribution is -2.16. The van der Waals surface area contributed by atoms with Gasteiger partial charge < -0.3 is 9.32 Å². The first kappa shape index (κ1) is 34.7. The van der Waals surface area contributed by atoms with Crippen LogP contribution in [0.15, 0.2) is 205 Å². The van der Waals surface area contributed by atoms with E-state index >= 15 is 0 Å². The molecule has 0 spiro atoms. The smallest absolute Gasteiger partial charge is 0.161 e. The van der Waals surface area contributed by atoms with Crippen molar-refractivity contribution in [3.63, 3.8) is 0 Å². The van der Waals surface area contributed by atoms with E-state index < -0.39 is 0 Å². The molecule has 4 nitrogen and oxygen atoms in total. The standard InChI is InChI=1S/C55H39N3O/c1-55(2)47-24-14-12-22-43(47)44-31-30-42(34-48(44)55)58(40-20-10-5-11-21-40)41-28-26-36(27-29-41)39-32-46(53-45-23-13-15-25-51(45)59-52(53)33-39)54-56-49(37-16-6-3-7-17-37)35-50(57-54)38-18-8-4-9-19-38/h3-35H,1-2H3. The molecule has 0 unspecified atom stereocenters. The SMILES string of the molecule is CC1(C)c2ccccc2-c2ccc(N(c3ccccc3)c3ccc(-c4cc(-c5nc(-c6ccccc6)cc(-c6ccccc6)n5)c5c(c4)oc4ccccc45)cc3)cc21. The number of hydrogen-bond acceptors (Lipinski definition) is 4.